The summed E-state index contributed by atoms with van der Waals surface area (Å²) in [7, 11) is 3.70. The van der Waals surface area contributed by atoms with E-state index in [1.54, 1.807) is 18.4 Å². The highest BCUT2D eigenvalue weighted by Crippen LogP contribution is 2.29. The lowest BCUT2D eigenvalue weighted by molar-refractivity contribution is -0.668. The summed E-state index contributed by atoms with van der Waals surface area (Å²) in [6, 6.07) is 6.37. The van der Waals surface area contributed by atoms with Crippen molar-refractivity contribution in [3.05, 3.63) is 40.3 Å². The second-order valence-electron chi connectivity index (χ2n) is 5.59. The molecule has 0 unspecified atom stereocenters. The van der Waals surface area contributed by atoms with Crippen molar-refractivity contribution in [2.45, 2.75) is 20.8 Å². The van der Waals surface area contributed by atoms with Crippen LogP contribution in [0.4, 0.5) is 5.69 Å². The zero-order valence-corrected chi connectivity index (χ0v) is 16.0. The Morgan fingerprint density at radius 3 is 2.62 bits per heavy atom. The van der Waals surface area contributed by atoms with Crippen molar-refractivity contribution in [3.8, 4) is 5.75 Å². The van der Waals surface area contributed by atoms with E-state index < -0.39 is 0 Å². The number of rotatable bonds is 8. The van der Waals surface area contributed by atoms with E-state index in [9.17, 15) is 0 Å². The number of hydrogen-bond donors (Lipinski definition) is 0. The van der Waals surface area contributed by atoms with E-state index in [1.165, 1.54) is 16.3 Å². The van der Waals surface area contributed by atoms with E-state index >= 15 is 0 Å². The zero-order valence-electron chi connectivity index (χ0n) is 15.2. The number of aryl methyl sites for hydroxylation is 1. The van der Waals surface area contributed by atoms with E-state index in [4.69, 9.17) is 9.47 Å². The van der Waals surface area contributed by atoms with Crippen LogP contribution in [0.15, 0.2) is 29.8 Å². The molecule has 0 spiro atoms. The molecule has 0 aliphatic carbocycles. The fraction of sp³-hybridized carbons (Fsp3) is 0.421. The molecule has 0 aliphatic heterocycles. The van der Waals surface area contributed by atoms with Gasteiger partial charge in [0, 0.05) is 43.1 Å². The molecular formula is C19H27N2O2S+. The van der Waals surface area contributed by atoms with E-state index in [1.807, 2.05) is 0 Å². The normalized spacial score (nSPS) is 11.6. The van der Waals surface area contributed by atoms with E-state index in [0.29, 0.717) is 0 Å². The van der Waals surface area contributed by atoms with Crippen molar-refractivity contribution in [2.24, 2.45) is 7.05 Å². The Labute approximate surface area is 149 Å². The number of aromatic nitrogens is 1. The molecule has 1 heterocycles. The summed E-state index contributed by atoms with van der Waals surface area (Å²) in [5.74, 6) is 0.847. The maximum absolute atomic E-state index is 5.82. The van der Waals surface area contributed by atoms with Crippen LogP contribution in [0.25, 0.3) is 11.6 Å². The second-order valence-corrected chi connectivity index (χ2v) is 6.49. The summed E-state index contributed by atoms with van der Waals surface area (Å²) < 4.78 is 13.0. The van der Waals surface area contributed by atoms with E-state index in [-0.39, 0.29) is 6.79 Å². The van der Waals surface area contributed by atoms with Crippen LogP contribution in [0, 0.1) is 0 Å². The molecule has 2 rings (SSSR count). The highest BCUT2D eigenvalue weighted by atomic mass is 32.1. The van der Waals surface area contributed by atoms with Crippen molar-refractivity contribution < 1.29 is 14.0 Å². The molecule has 0 N–H and O–H groups in total. The van der Waals surface area contributed by atoms with Gasteiger partial charge in [-0.3, -0.25) is 0 Å². The zero-order chi connectivity index (χ0) is 17.5. The predicted octanol–water partition coefficient (Wildman–Crippen LogP) is 3.96. The van der Waals surface area contributed by atoms with E-state index in [2.05, 4.69) is 73.1 Å². The molecule has 1 aromatic heterocycles. The first-order valence-corrected chi connectivity index (χ1v) is 9.11. The SMILES string of the molecule is CCN(CC)c1ccc(/C=C(\C)c2scc[n+]2C)c(OCOC)c1. The maximum Gasteiger partial charge on any atom is 0.264 e. The number of ether oxygens (including phenoxy) is 2. The quantitative estimate of drug-likeness (QED) is 0.534. The van der Waals surface area contributed by atoms with Crippen LogP contribution >= 0.6 is 11.3 Å². The van der Waals surface area contributed by atoms with Gasteiger partial charge in [0.25, 0.3) is 5.01 Å². The molecule has 0 fully saturated rings. The van der Waals surface area contributed by atoms with Gasteiger partial charge in [-0.25, -0.2) is 0 Å². The molecule has 0 bridgehead atoms. The number of methoxy groups -OCH3 is 1. The summed E-state index contributed by atoms with van der Waals surface area (Å²) in [6.45, 7) is 8.64. The van der Waals surface area contributed by atoms with Crippen molar-refractivity contribution in [1.82, 2.24) is 0 Å². The lowest BCUT2D eigenvalue weighted by Crippen LogP contribution is -2.28. The van der Waals surface area contributed by atoms with Crippen molar-refractivity contribution in [2.75, 3.05) is 31.9 Å². The van der Waals surface area contributed by atoms with Crippen molar-refractivity contribution >= 4 is 28.7 Å². The van der Waals surface area contributed by atoms with Gasteiger partial charge in [0.1, 0.15) is 12.8 Å². The number of allylic oxidation sites excluding steroid dienone is 1. The highest BCUT2D eigenvalue weighted by molar-refractivity contribution is 7.10. The van der Waals surface area contributed by atoms with Crippen LogP contribution in [-0.4, -0.2) is 27.0 Å². The van der Waals surface area contributed by atoms with Crippen LogP contribution in [0.3, 0.4) is 0 Å². The number of hydrogen-bond acceptors (Lipinski definition) is 4. The minimum absolute atomic E-state index is 0.244. The van der Waals surface area contributed by atoms with Gasteiger partial charge in [-0.05, 0) is 39.0 Å². The largest absolute Gasteiger partial charge is 0.467 e. The lowest BCUT2D eigenvalue weighted by Gasteiger charge is -2.22. The van der Waals surface area contributed by atoms with Gasteiger partial charge in [0.15, 0.2) is 13.0 Å². The Hall–Kier alpha value is -1.85. The monoisotopic (exact) mass is 347 g/mol. The molecule has 0 aliphatic rings. The first kappa shape index (κ1) is 18.5. The van der Waals surface area contributed by atoms with Gasteiger partial charge >= 0.3 is 0 Å². The number of nitrogens with zero attached hydrogens (tertiary/aromatic N) is 2. The number of anilines is 1. The van der Waals surface area contributed by atoms with Gasteiger partial charge in [-0.2, -0.15) is 4.57 Å². The first-order valence-electron chi connectivity index (χ1n) is 8.23. The van der Waals surface area contributed by atoms with Gasteiger partial charge < -0.3 is 14.4 Å². The molecule has 0 atom stereocenters. The van der Waals surface area contributed by atoms with Crippen LogP contribution in [0.5, 0.6) is 5.75 Å². The average molecular weight is 348 g/mol. The standard InChI is InChI=1S/C19H27N2O2S/c1-6-21(7-2)17-9-8-16(18(13-17)23-14-22-5)12-15(3)19-20(4)10-11-24-19/h8-13H,6-7,14H2,1-5H3/q+1. The van der Waals surface area contributed by atoms with Crippen molar-refractivity contribution in [1.29, 1.82) is 0 Å². The van der Waals surface area contributed by atoms with Gasteiger partial charge in [0.05, 0.1) is 5.38 Å². The Morgan fingerprint density at radius 2 is 2.04 bits per heavy atom. The molecule has 0 saturated heterocycles. The van der Waals surface area contributed by atoms with E-state index in [0.717, 1.165) is 24.4 Å². The fourth-order valence-electron chi connectivity index (χ4n) is 2.68. The Bertz CT molecular complexity index is 690. The van der Waals surface area contributed by atoms with Gasteiger partial charge in [-0.1, -0.05) is 11.3 Å². The first-order chi connectivity index (χ1) is 11.6. The third-order valence-electron chi connectivity index (χ3n) is 3.95. The predicted molar refractivity (Wildman–Crippen MR) is 102 cm³/mol. The van der Waals surface area contributed by atoms with Crippen LogP contribution in [-0.2, 0) is 11.8 Å². The summed E-state index contributed by atoms with van der Waals surface area (Å²) in [6.07, 6.45) is 4.24. The summed E-state index contributed by atoms with van der Waals surface area (Å²) in [4.78, 5) is 2.30. The minimum Gasteiger partial charge on any atom is -0.467 e. The van der Waals surface area contributed by atoms with Gasteiger partial charge in [-0.15, -0.1) is 0 Å². The third-order valence-corrected chi connectivity index (χ3v) is 5.04. The Balaban J connectivity index is 2.39. The Morgan fingerprint density at radius 1 is 1.29 bits per heavy atom. The second kappa shape index (κ2) is 8.85. The molecule has 2 aromatic rings. The summed E-state index contributed by atoms with van der Waals surface area (Å²) in [5.41, 5.74) is 3.45. The molecule has 0 radical (unpaired) electrons. The fourth-order valence-corrected chi connectivity index (χ4v) is 3.52. The smallest absolute Gasteiger partial charge is 0.264 e. The molecule has 24 heavy (non-hydrogen) atoms. The number of thiazole rings is 1. The molecule has 5 heteroatoms. The molecule has 1 aromatic carbocycles. The third kappa shape index (κ3) is 4.36. The Kier molecular flexibility index (Phi) is 6.82. The van der Waals surface area contributed by atoms with Crippen molar-refractivity contribution in [3.63, 3.8) is 0 Å². The van der Waals surface area contributed by atoms with Crippen LogP contribution in [0.2, 0.25) is 0 Å². The number of benzene rings is 1. The topological polar surface area (TPSA) is 25.6 Å². The van der Waals surface area contributed by atoms with Crippen LogP contribution in [0.1, 0.15) is 31.3 Å². The molecule has 130 valence electrons. The minimum atomic E-state index is 0.244. The maximum atomic E-state index is 5.82. The average Bonchev–Trinajstić information content (AvgIpc) is 3.01. The molecule has 0 amide bonds. The van der Waals surface area contributed by atoms with Crippen LogP contribution < -0.4 is 14.2 Å². The molecule has 4 nitrogen and oxygen atoms in total. The lowest BCUT2D eigenvalue weighted by atomic mass is 10.1. The summed E-state index contributed by atoms with van der Waals surface area (Å²) in [5, 5.41) is 3.33. The van der Waals surface area contributed by atoms with Gasteiger partial charge in [0.2, 0.25) is 0 Å². The summed E-state index contributed by atoms with van der Waals surface area (Å²) >= 11 is 1.74. The highest BCUT2D eigenvalue weighted by Gasteiger charge is 2.13. The molecular weight excluding hydrogens is 320 g/mol. The molecule has 0 saturated carbocycles.